The number of sulfonamides is 1. The first-order valence-corrected chi connectivity index (χ1v) is 12.0. The fraction of sp³-hybridized carbons (Fsp3) is 0.435. The van der Waals surface area contributed by atoms with E-state index in [0.29, 0.717) is 24.5 Å². The van der Waals surface area contributed by atoms with Crippen LogP contribution in [0.5, 0.6) is 5.75 Å². The number of carbonyl (C=O) groups is 1. The number of benzene rings is 2. The molecule has 0 bridgehead atoms. The number of ether oxygens (including phenoxy) is 1. The summed E-state index contributed by atoms with van der Waals surface area (Å²) in [7, 11) is -2.08. The van der Waals surface area contributed by atoms with E-state index >= 15 is 0 Å². The zero-order valence-corrected chi connectivity index (χ0v) is 18.1. The molecule has 160 valence electrons. The molecule has 2 aliphatic rings. The van der Waals surface area contributed by atoms with Crippen LogP contribution in [0, 0.1) is 0 Å². The van der Waals surface area contributed by atoms with Gasteiger partial charge in [0.05, 0.1) is 23.1 Å². The molecule has 1 N–H and O–H groups in total. The largest absolute Gasteiger partial charge is 0.495 e. The first-order valence-electron chi connectivity index (χ1n) is 10.5. The Bertz CT molecular complexity index is 1010. The number of rotatable bonds is 6. The summed E-state index contributed by atoms with van der Waals surface area (Å²) < 4.78 is 33.1. The predicted molar refractivity (Wildman–Crippen MR) is 116 cm³/mol. The average Bonchev–Trinajstić information content (AvgIpc) is 2.74. The lowest BCUT2D eigenvalue weighted by Crippen LogP contribution is -2.46. The summed E-state index contributed by atoms with van der Waals surface area (Å²) in [6.07, 6.45) is 5.34. The van der Waals surface area contributed by atoms with Crippen molar-refractivity contribution in [3.05, 3.63) is 54.1 Å². The molecular weight excluding hydrogens is 400 g/mol. The Morgan fingerprint density at radius 3 is 2.30 bits per heavy atom. The summed E-state index contributed by atoms with van der Waals surface area (Å²) in [4.78, 5) is 13.5. The quantitative estimate of drug-likeness (QED) is 0.756. The van der Waals surface area contributed by atoms with Gasteiger partial charge in [0.2, 0.25) is 15.9 Å². The highest BCUT2D eigenvalue weighted by Gasteiger charge is 2.45. The Labute approximate surface area is 178 Å². The number of piperidine rings is 1. The molecule has 0 atom stereocenters. The fourth-order valence-electron chi connectivity index (χ4n) is 4.38. The molecule has 1 heterocycles. The smallest absolute Gasteiger partial charge is 0.243 e. The minimum Gasteiger partial charge on any atom is -0.495 e. The van der Waals surface area contributed by atoms with Crippen molar-refractivity contribution in [3.63, 3.8) is 0 Å². The third-order valence-electron chi connectivity index (χ3n) is 6.34. The van der Waals surface area contributed by atoms with E-state index in [4.69, 9.17) is 4.74 Å². The summed E-state index contributed by atoms with van der Waals surface area (Å²) in [5.74, 6) is 0.328. The number of nitrogens with one attached hydrogen (secondary N) is 1. The summed E-state index contributed by atoms with van der Waals surface area (Å²) in [6, 6.07) is 14.5. The van der Waals surface area contributed by atoms with Gasteiger partial charge in [-0.25, -0.2) is 8.42 Å². The molecule has 1 saturated heterocycles. The first kappa shape index (κ1) is 20.9. The predicted octanol–water partition coefficient (Wildman–Crippen LogP) is 3.93. The highest BCUT2D eigenvalue weighted by molar-refractivity contribution is 7.89. The van der Waals surface area contributed by atoms with Crippen LogP contribution in [-0.2, 0) is 20.2 Å². The second-order valence-electron chi connectivity index (χ2n) is 8.08. The third kappa shape index (κ3) is 3.72. The van der Waals surface area contributed by atoms with E-state index in [-0.39, 0.29) is 10.8 Å². The van der Waals surface area contributed by atoms with Gasteiger partial charge >= 0.3 is 0 Å². The van der Waals surface area contributed by atoms with Crippen LogP contribution in [0.4, 0.5) is 5.69 Å². The van der Waals surface area contributed by atoms with Crippen LogP contribution in [0.3, 0.4) is 0 Å². The molecule has 0 unspecified atom stereocenters. The molecular formula is C23H28N2O4S. The number of methoxy groups -OCH3 is 1. The SMILES string of the molecule is COc1ccc(S(=O)(=O)N2CCCCC2)cc1NC(=O)C1(c2ccccc2)CCC1. The number of hydrogen-bond acceptors (Lipinski definition) is 4. The molecule has 1 aliphatic heterocycles. The number of amides is 1. The number of anilines is 1. The lowest BCUT2D eigenvalue weighted by Gasteiger charge is -2.40. The normalized spacial score (nSPS) is 19.0. The van der Waals surface area contributed by atoms with Crippen LogP contribution in [0.15, 0.2) is 53.4 Å². The van der Waals surface area contributed by atoms with Gasteiger partial charge < -0.3 is 10.1 Å². The molecule has 6 nitrogen and oxygen atoms in total. The van der Waals surface area contributed by atoms with E-state index in [1.807, 2.05) is 30.3 Å². The molecule has 1 aliphatic carbocycles. The standard InChI is InChI=1S/C23H28N2O4S/c1-29-21-12-11-19(30(27,28)25-15-6-3-7-16-25)17-20(21)24-22(26)23(13-8-14-23)18-9-4-2-5-10-18/h2,4-5,9-12,17H,3,6-8,13-16H2,1H3,(H,24,26). The van der Waals surface area contributed by atoms with Crippen molar-refractivity contribution in [1.82, 2.24) is 4.31 Å². The Balaban J connectivity index is 1.64. The lowest BCUT2D eigenvalue weighted by molar-refractivity contribution is -0.124. The second-order valence-corrected chi connectivity index (χ2v) is 10.0. The molecule has 4 rings (SSSR count). The Morgan fingerprint density at radius 2 is 1.70 bits per heavy atom. The Hall–Kier alpha value is -2.38. The summed E-state index contributed by atoms with van der Waals surface area (Å²) in [5, 5.41) is 2.97. The van der Waals surface area contributed by atoms with E-state index in [0.717, 1.165) is 44.1 Å². The summed E-state index contributed by atoms with van der Waals surface area (Å²) in [5.41, 5.74) is 0.807. The molecule has 0 spiro atoms. The molecule has 2 aromatic rings. The topological polar surface area (TPSA) is 75.7 Å². The van der Waals surface area contributed by atoms with E-state index in [9.17, 15) is 13.2 Å². The average molecular weight is 429 g/mol. The monoisotopic (exact) mass is 428 g/mol. The van der Waals surface area contributed by atoms with Gasteiger partial charge in [0.1, 0.15) is 5.75 Å². The molecule has 0 aromatic heterocycles. The van der Waals surface area contributed by atoms with Crippen molar-refractivity contribution in [2.24, 2.45) is 0 Å². The Kier molecular flexibility index (Phi) is 5.84. The summed E-state index contributed by atoms with van der Waals surface area (Å²) in [6.45, 7) is 1.07. The van der Waals surface area contributed by atoms with Gasteiger partial charge in [0.15, 0.2) is 0 Å². The number of nitrogens with zero attached hydrogens (tertiary/aromatic N) is 1. The number of carbonyl (C=O) groups excluding carboxylic acids is 1. The van der Waals surface area contributed by atoms with Crippen LogP contribution in [0.2, 0.25) is 0 Å². The van der Waals surface area contributed by atoms with Crippen LogP contribution in [-0.4, -0.2) is 38.8 Å². The van der Waals surface area contributed by atoms with Crippen molar-refractivity contribution in [1.29, 1.82) is 0 Å². The Morgan fingerprint density at radius 1 is 1.00 bits per heavy atom. The molecule has 1 amide bonds. The first-order chi connectivity index (χ1) is 14.5. The van der Waals surface area contributed by atoms with Gasteiger partial charge in [-0.1, -0.05) is 43.2 Å². The van der Waals surface area contributed by atoms with Crippen LogP contribution in [0.1, 0.15) is 44.1 Å². The maximum absolute atomic E-state index is 13.3. The summed E-state index contributed by atoms with van der Waals surface area (Å²) >= 11 is 0. The van der Waals surface area contributed by atoms with Crippen molar-refractivity contribution in [3.8, 4) is 5.75 Å². The maximum atomic E-state index is 13.3. The van der Waals surface area contributed by atoms with Gasteiger partial charge in [-0.2, -0.15) is 4.31 Å². The zero-order valence-electron chi connectivity index (χ0n) is 17.3. The minimum atomic E-state index is -3.60. The van der Waals surface area contributed by atoms with Crippen molar-refractivity contribution in [2.75, 3.05) is 25.5 Å². The van der Waals surface area contributed by atoms with Crippen molar-refractivity contribution in [2.45, 2.75) is 48.8 Å². The van der Waals surface area contributed by atoms with Gasteiger partial charge in [0, 0.05) is 13.1 Å². The van der Waals surface area contributed by atoms with Crippen LogP contribution >= 0.6 is 0 Å². The minimum absolute atomic E-state index is 0.120. The molecule has 30 heavy (non-hydrogen) atoms. The van der Waals surface area contributed by atoms with Gasteiger partial charge in [0.25, 0.3) is 0 Å². The third-order valence-corrected chi connectivity index (χ3v) is 8.23. The van der Waals surface area contributed by atoms with Gasteiger partial charge in [-0.3, -0.25) is 4.79 Å². The number of hydrogen-bond donors (Lipinski definition) is 1. The van der Waals surface area contributed by atoms with E-state index in [1.54, 1.807) is 12.1 Å². The highest BCUT2D eigenvalue weighted by atomic mass is 32.2. The zero-order chi connectivity index (χ0) is 21.2. The van der Waals surface area contributed by atoms with Crippen molar-refractivity contribution < 1.29 is 17.9 Å². The van der Waals surface area contributed by atoms with E-state index in [2.05, 4.69) is 5.32 Å². The van der Waals surface area contributed by atoms with Crippen LogP contribution in [0.25, 0.3) is 0 Å². The van der Waals surface area contributed by atoms with E-state index < -0.39 is 15.4 Å². The maximum Gasteiger partial charge on any atom is 0.243 e. The fourth-order valence-corrected chi connectivity index (χ4v) is 5.92. The van der Waals surface area contributed by atoms with Crippen molar-refractivity contribution >= 4 is 21.6 Å². The second kappa shape index (κ2) is 8.40. The lowest BCUT2D eigenvalue weighted by atomic mass is 9.64. The van der Waals surface area contributed by atoms with Crippen LogP contribution < -0.4 is 10.1 Å². The van der Waals surface area contributed by atoms with E-state index in [1.165, 1.54) is 17.5 Å². The van der Waals surface area contributed by atoms with Gasteiger partial charge in [-0.15, -0.1) is 0 Å². The molecule has 2 fully saturated rings. The molecule has 2 aromatic carbocycles. The molecule has 0 radical (unpaired) electrons. The molecule has 1 saturated carbocycles. The highest BCUT2D eigenvalue weighted by Crippen LogP contribution is 2.45. The molecule has 7 heteroatoms. The van der Waals surface area contributed by atoms with Gasteiger partial charge in [-0.05, 0) is 49.4 Å².